The number of aryl methyl sites for hydroxylation is 1. The fourth-order valence-electron chi connectivity index (χ4n) is 4.52. The van der Waals surface area contributed by atoms with Gasteiger partial charge in [-0.15, -0.1) is 10.2 Å². The summed E-state index contributed by atoms with van der Waals surface area (Å²) in [5.74, 6) is 3.36. The number of nitrogens with zero attached hydrogens (tertiary/aromatic N) is 5. The van der Waals surface area contributed by atoms with E-state index >= 15 is 0 Å². The fourth-order valence-corrected chi connectivity index (χ4v) is 4.52. The Morgan fingerprint density at radius 2 is 1.86 bits per heavy atom. The van der Waals surface area contributed by atoms with E-state index in [0.717, 1.165) is 74.1 Å². The standard InChI is InChI=1S/C22H31N5O2/c1-16-14-18(29-3)6-7-19(16)22(28)27-12-8-17(9-13-27)21-24-23-20(25(21)2)15-26-10-4-5-11-26/h6-7,14,17H,4-5,8-13,15H2,1-3H3. The summed E-state index contributed by atoms with van der Waals surface area (Å²) < 4.78 is 7.42. The summed E-state index contributed by atoms with van der Waals surface area (Å²) in [4.78, 5) is 17.4. The van der Waals surface area contributed by atoms with Crippen LogP contribution in [-0.4, -0.2) is 63.8 Å². The van der Waals surface area contributed by atoms with Crippen LogP contribution in [0, 0.1) is 6.92 Å². The third-order valence-electron chi connectivity index (χ3n) is 6.37. The molecule has 4 rings (SSSR count). The highest BCUT2D eigenvalue weighted by Gasteiger charge is 2.28. The van der Waals surface area contributed by atoms with E-state index in [1.54, 1.807) is 7.11 Å². The summed E-state index contributed by atoms with van der Waals surface area (Å²) in [7, 11) is 3.73. The van der Waals surface area contributed by atoms with E-state index in [1.165, 1.54) is 12.8 Å². The summed E-state index contributed by atoms with van der Waals surface area (Å²) in [5.41, 5.74) is 1.71. The van der Waals surface area contributed by atoms with Gasteiger partial charge in [-0.05, 0) is 69.5 Å². The highest BCUT2D eigenvalue weighted by Crippen LogP contribution is 2.29. The van der Waals surface area contributed by atoms with Crippen molar-refractivity contribution >= 4 is 5.91 Å². The Balaban J connectivity index is 1.38. The molecule has 7 heteroatoms. The second kappa shape index (κ2) is 8.53. The highest BCUT2D eigenvalue weighted by atomic mass is 16.5. The molecule has 2 aliphatic rings. The van der Waals surface area contributed by atoms with Gasteiger partial charge >= 0.3 is 0 Å². The molecule has 0 unspecified atom stereocenters. The molecule has 2 aliphatic heterocycles. The second-order valence-corrected chi connectivity index (χ2v) is 8.26. The molecule has 1 amide bonds. The van der Waals surface area contributed by atoms with Crippen LogP contribution in [-0.2, 0) is 13.6 Å². The Morgan fingerprint density at radius 3 is 2.52 bits per heavy atom. The van der Waals surface area contributed by atoms with Gasteiger partial charge < -0.3 is 14.2 Å². The van der Waals surface area contributed by atoms with Gasteiger partial charge in [0.2, 0.25) is 0 Å². The monoisotopic (exact) mass is 397 g/mol. The van der Waals surface area contributed by atoms with Crippen LogP contribution < -0.4 is 4.74 Å². The van der Waals surface area contributed by atoms with Crippen molar-refractivity contribution in [2.75, 3.05) is 33.3 Å². The van der Waals surface area contributed by atoms with Crippen molar-refractivity contribution in [2.45, 2.75) is 45.1 Å². The number of ether oxygens (including phenoxy) is 1. The molecule has 0 N–H and O–H groups in total. The molecule has 0 saturated carbocycles. The molecule has 0 radical (unpaired) electrons. The molecule has 29 heavy (non-hydrogen) atoms. The van der Waals surface area contributed by atoms with Gasteiger partial charge in [-0.25, -0.2) is 0 Å². The Bertz CT molecular complexity index is 864. The third-order valence-corrected chi connectivity index (χ3v) is 6.37. The van der Waals surface area contributed by atoms with Crippen LogP contribution in [0.4, 0.5) is 0 Å². The van der Waals surface area contributed by atoms with Gasteiger partial charge in [-0.2, -0.15) is 0 Å². The average Bonchev–Trinajstić information content (AvgIpc) is 3.38. The molecule has 1 aromatic heterocycles. The van der Waals surface area contributed by atoms with Gasteiger partial charge in [0, 0.05) is 31.6 Å². The summed E-state index contributed by atoms with van der Waals surface area (Å²) in [5, 5.41) is 8.97. The lowest BCUT2D eigenvalue weighted by molar-refractivity contribution is 0.0709. The van der Waals surface area contributed by atoms with Crippen LogP contribution in [0.1, 0.15) is 59.2 Å². The first-order valence-corrected chi connectivity index (χ1v) is 10.6. The number of hydrogen-bond acceptors (Lipinski definition) is 5. The van der Waals surface area contributed by atoms with Crippen molar-refractivity contribution in [1.29, 1.82) is 0 Å². The Hall–Kier alpha value is -2.41. The van der Waals surface area contributed by atoms with Crippen molar-refractivity contribution in [2.24, 2.45) is 7.05 Å². The number of amides is 1. The van der Waals surface area contributed by atoms with Crippen LogP contribution in [0.15, 0.2) is 18.2 Å². The van der Waals surface area contributed by atoms with Crippen molar-refractivity contribution in [1.82, 2.24) is 24.6 Å². The maximum atomic E-state index is 13.0. The summed E-state index contributed by atoms with van der Waals surface area (Å²) >= 11 is 0. The first-order chi connectivity index (χ1) is 14.1. The Morgan fingerprint density at radius 1 is 1.14 bits per heavy atom. The van der Waals surface area contributed by atoms with E-state index in [2.05, 4.69) is 26.7 Å². The SMILES string of the molecule is COc1ccc(C(=O)N2CCC(c3nnc(CN4CCCC4)n3C)CC2)c(C)c1. The van der Waals surface area contributed by atoms with E-state index in [-0.39, 0.29) is 5.91 Å². The van der Waals surface area contributed by atoms with Crippen LogP contribution in [0.3, 0.4) is 0 Å². The summed E-state index contributed by atoms with van der Waals surface area (Å²) in [6, 6.07) is 5.64. The zero-order valence-corrected chi connectivity index (χ0v) is 17.7. The molecule has 0 bridgehead atoms. The van der Waals surface area contributed by atoms with E-state index in [9.17, 15) is 4.79 Å². The lowest BCUT2D eigenvalue weighted by Gasteiger charge is -2.32. The molecular weight excluding hydrogens is 366 g/mol. The number of carbonyl (C=O) groups excluding carboxylic acids is 1. The highest BCUT2D eigenvalue weighted by molar-refractivity contribution is 5.95. The molecule has 3 heterocycles. The predicted octanol–water partition coefficient (Wildman–Crippen LogP) is 2.75. The molecule has 7 nitrogen and oxygen atoms in total. The third kappa shape index (κ3) is 4.15. The van der Waals surface area contributed by atoms with Crippen molar-refractivity contribution in [3.05, 3.63) is 41.0 Å². The number of benzene rings is 1. The minimum absolute atomic E-state index is 0.108. The van der Waals surface area contributed by atoms with Gasteiger partial charge in [0.05, 0.1) is 13.7 Å². The quantitative estimate of drug-likeness (QED) is 0.776. The van der Waals surface area contributed by atoms with Gasteiger partial charge in [0.25, 0.3) is 5.91 Å². The summed E-state index contributed by atoms with van der Waals surface area (Å²) in [6.07, 6.45) is 4.42. The van der Waals surface area contributed by atoms with Crippen molar-refractivity contribution in [3.8, 4) is 5.75 Å². The van der Waals surface area contributed by atoms with E-state index in [4.69, 9.17) is 4.74 Å². The minimum atomic E-state index is 0.108. The van der Waals surface area contributed by atoms with Gasteiger partial charge in [0.15, 0.2) is 0 Å². The maximum absolute atomic E-state index is 13.0. The fraction of sp³-hybridized carbons (Fsp3) is 0.591. The van der Waals surface area contributed by atoms with E-state index in [1.807, 2.05) is 30.0 Å². The maximum Gasteiger partial charge on any atom is 0.254 e. The lowest BCUT2D eigenvalue weighted by atomic mass is 9.95. The van der Waals surface area contributed by atoms with Gasteiger partial charge in [-0.3, -0.25) is 9.69 Å². The average molecular weight is 398 g/mol. The molecule has 2 aromatic rings. The normalized spacial score (nSPS) is 18.4. The Kier molecular flexibility index (Phi) is 5.85. The molecule has 0 atom stereocenters. The lowest BCUT2D eigenvalue weighted by Crippen LogP contribution is -2.38. The molecule has 156 valence electrons. The molecule has 0 aliphatic carbocycles. The minimum Gasteiger partial charge on any atom is -0.497 e. The second-order valence-electron chi connectivity index (χ2n) is 8.26. The van der Waals surface area contributed by atoms with E-state index < -0.39 is 0 Å². The number of likely N-dealkylation sites (tertiary alicyclic amines) is 2. The van der Waals surface area contributed by atoms with Gasteiger partial charge in [-0.1, -0.05) is 0 Å². The smallest absolute Gasteiger partial charge is 0.254 e. The Labute approximate surface area is 172 Å². The largest absolute Gasteiger partial charge is 0.497 e. The zero-order chi connectivity index (χ0) is 20.4. The first-order valence-electron chi connectivity index (χ1n) is 10.6. The van der Waals surface area contributed by atoms with Crippen molar-refractivity contribution < 1.29 is 9.53 Å². The zero-order valence-electron chi connectivity index (χ0n) is 17.7. The van der Waals surface area contributed by atoms with Crippen LogP contribution in [0.5, 0.6) is 5.75 Å². The molecular formula is C22H31N5O2. The number of hydrogen-bond donors (Lipinski definition) is 0. The number of carbonyl (C=O) groups is 1. The number of aromatic nitrogens is 3. The molecule has 2 fully saturated rings. The van der Waals surface area contributed by atoms with Crippen molar-refractivity contribution in [3.63, 3.8) is 0 Å². The van der Waals surface area contributed by atoms with E-state index in [0.29, 0.717) is 5.92 Å². The summed E-state index contributed by atoms with van der Waals surface area (Å²) in [6.45, 7) is 6.68. The topological polar surface area (TPSA) is 63.5 Å². The molecule has 0 spiro atoms. The van der Waals surface area contributed by atoms with Gasteiger partial charge in [0.1, 0.15) is 17.4 Å². The molecule has 2 saturated heterocycles. The van der Waals surface area contributed by atoms with Crippen LogP contribution in [0.25, 0.3) is 0 Å². The number of piperidine rings is 1. The number of rotatable bonds is 5. The predicted molar refractivity (Wildman–Crippen MR) is 111 cm³/mol. The first kappa shape index (κ1) is 19.9. The van der Waals surface area contributed by atoms with Crippen LogP contribution in [0.2, 0.25) is 0 Å². The molecule has 1 aromatic carbocycles. The number of methoxy groups -OCH3 is 1. The van der Waals surface area contributed by atoms with Crippen LogP contribution >= 0.6 is 0 Å².